The van der Waals surface area contributed by atoms with Crippen molar-refractivity contribution in [2.45, 2.75) is 13.5 Å². The Hall–Kier alpha value is -1.89. The van der Waals surface area contributed by atoms with Crippen molar-refractivity contribution in [3.05, 3.63) is 47.5 Å². The van der Waals surface area contributed by atoms with Crippen LogP contribution in [0.5, 0.6) is 0 Å². The molecule has 0 radical (unpaired) electrons. The molecule has 0 aliphatic heterocycles. The number of sulfonamides is 1. The van der Waals surface area contributed by atoms with Crippen LogP contribution in [0.3, 0.4) is 0 Å². The van der Waals surface area contributed by atoms with Gasteiger partial charge < -0.3 is 10.6 Å². The molecule has 3 N–H and O–H groups in total. The second kappa shape index (κ2) is 10.4. The Balaban J connectivity index is 0.00000364. The van der Waals surface area contributed by atoms with Crippen molar-refractivity contribution in [1.29, 1.82) is 0 Å². The van der Waals surface area contributed by atoms with Gasteiger partial charge in [-0.3, -0.25) is 14.4 Å². The maximum atomic E-state index is 13.5. The number of aliphatic imine (C=N–C) groups is 1. The van der Waals surface area contributed by atoms with Gasteiger partial charge in [0, 0.05) is 26.8 Å². The maximum absolute atomic E-state index is 13.5. The van der Waals surface area contributed by atoms with Crippen LogP contribution in [0.15, 0.2) is 35.5 Å². The Kier molecular flexibility index (Phi) is 8.96. The van der Waals surface area contributed by atoms with Gasteiger partial charge in [0.15, 0.2) is 5.96 Å². The second-order valence-electron chi connectivity index (χ2n) is 5.68. The Bertz CT molecular complexity index is 885. The molecule has 0 unspecified atom stereocenters. The first-order valence-corrected chi connectivity index (χ1v) is 9.64. The van der Waals surface area contributed by atoms with E-state index in [0.717, 1.165) is 11.8 Å². The fourth-order valence-corrected chi connectivity index (χ4v) is 3.12. The SMILES string of the molecule is CN=C(NCCS(=O)(=O)Nc1ccc(C)c(F)c1)NCc1ccnn1C.I. The second-order valence-corrected chi connectivity index (χ2v) is 7.53. The molecule has 0 aliphatic rings. The summed E-state index contributed by atoms with van der Waals surface area (Å²) in [6, 6.07) is 6.08. The Labute approximate surface area is 175 Å². The number of anilines is 1. The van der Waals surface area contributed by atoms with Gasteiger partial charge in [-0.2, -0.15) is 5.10 Å². The fraction of sp³-hybridized carbons (Fsp3) is 0.375. The summed E-state index contributed by atoms with van der Waals surface area (Å²) in [5.41, 5.74) is 1.62. The summed E-state index contributed by atoms with van der Waals surface area (Å²) in [6.45, 7) is 2.26. The number of nitrogens with one attached hydrogen (secondary N) is 3. The fourth-order valence-electron chi connectivity index (χ4n) is 2.16. The normalized spacial score (nSPS) is 11.6. The Morgan fingerprint density at radius 3 is 2.63 bits per heavy atom. The number of benzene rings is 1. The van der Waals surface area contributed by atoms with Crippen molar-refractivity contribution in [3.8, 4) is 0 Å². The number of halogens is 2. The van der Waals surface area contributed by atoms with Crippen LogP contribution >= 0.6 is 24.0 Å². The molecule has 0 saturated carbocycles. The molecule has 0 fully saturated rings. The number of hydrogen-bond donors (Lipinski definition) is 3. The first-order valence-electron chi connectivity index (χ1n) is 7.99. The van der Waals surface area contributed by atoms with Gasteiger partial charge in [-0.05, 0) is 30.7 Å². The van der Waals surface area contributed by atoms with Crippen molar-refractivity contribution >= 4 is 45.6 Å². The van der Waals surface area contributed by atoms with Crippen LogP contribution in [0.1, 0.15) is 11.3 Å². The van der Waals surface area contributed by atoms with Crippen LogP contribution in [-0.4, -0.2) is 43.5 Å². The number of guanidine groups is 1. The lowest BCUT2D eigenvalue weighted by Gasteiger charge is -2.13. The third-order valence-electron chi connectivity index (χ3n) is 3.69. The molecular weight excluding hydrogens is 486 g/mol. The smallest absolute Gasteiger partial charge is 0.234 e. The molecule has 27 heavy (non-hydrogen) atoms. The molecule has 2 rings (SSSR count). The summed E-state index contributed by atoms with van der Waals surface area (Å²) in [5, 5.41) is 10.1. The third-order valence-corrected chi connectivity index (χ3v) is 4.98. The zero-order chi connectivity index (χ0) is 19.2. The van der Waals surface area contributed by atoms with Crippen molar-refractivity contribution < 1.29 is 12.8 Å². The lowest BCUT2D eigenvalue weighted by Crippen LogP contribution is -2.40. The Morgan fingerprint density at radius 2 is 2.04 bits per heavy atom. The average Bonchev–Trinajstić information content (AvgIpc) is 2.99. The quantitative estimate of drug-likeness (QED) is 0.299. The van der Waals surface area contributed by atoms with Gasteiger partial charge in [-0.15, -0.1) is 24.0 Å². The van der Waals surface area contributed by atoms with Crippen LogP contribution in [-0.2, 0) is 23.6 Å². The van der Waals surface area contributed by atoms with E-state index in [0.29, 0.717) is 18.1 Å². The van der Waals surface area contributed by atoms with E-state index in [2.05, 4.69) is 25.4 Å². The summed E-state index contributed by atoms with van der Waals surface area (Å²) in [5.74, 6) is -0.166. The molecule has 0 bridgehead atoms. The van der Waals surface area contributed by atoms with Gasteiger partial charge in [0.2, 0.25) is 10.0 Å². The molecular formula is C16H24FIN6O2S. The highest BCUT2D eigenvalue weighted by Gasteiger charge is 2.12. The minimum atomic E-state index is -3.61. The minimum absolute atomic E-state index is 0. The molecule has 1 heterocycles. The largest absolute Gasteiger partial charge is 0.355 e. The van der Waals surface area contributed by atoms with Crippen LogP contribution in [0.2, 0.25) is 0 Å². The first-order chi connectivity index (χ1) is 12.3. The molecule has 0 amide bonds. The van der Waals surface area contributed by atoms with E-state index in [1.807, 2.05) is 13.1 Å². The molecule has 0 aliphatic carbocycles. The number of nitrogens with zero attached hydrogens (tertiary/aromatic N) is 3. The van der Waals surface area contributed by atoms with Crippen molar-refractivity contribution in [3.63, 3.8) is 0 Å². The number of rotatable bonds is 7. The predicted octanol–water partition coefficient (Wildman–Crippen LogP) is 1.59. The van der Waals surface area contributed by atoms with E-state index in [1.54, 1.807) is 24.9 Å². The van der Waals surface area contributed by atoms with Crippen LogP contribution in [0, 0.1) is 12.7 Å². The average molecular weight is 510 g/mol. The molecule has 2 aromatic rings. The van der Waals surface area contributed by atoms with E-state index in [1.165, 1.54) is 12.1 Å². The van der Waals surface area contributed by atoms with E-state index < -0.39 is 15.8 Å². The highest BCUT2D eigenvalue weighted by atomic mass is 127. The van der Waals surface area contributed by atoms with Crippen LogP contribution < -0.4 is 15.4 Å². The van der Waals surface area contributed by atoms with Gasteiger partial charge in [0.05, 0.1) is 23.7 Å². The van der Waals surface area contributed by atoms with Crippen molar-refractivity contribution in [2.75, 3.05) is 24.1 Å². The summed E-state index contributed by atoms with van der Waals surface area (Å²) >= 11 is 0. The molecule has 0 saturated heterocycles. The summed E-state index contributed by atoms with van der Waals surface area (Å²) < 4.78 is 41.8. The van der Waals surface area contributed by atoms with Crippen LogP contribution in [0.25, 0.3) is 0 Å². The molecule has 1 aromatic carbocycles. The molecule has 1 aromatic heterocycles. The van der Waals surface area contributed by atoms with Gasteiger partial charge in [0.1, 0.15) is 5.82 Å². The van der Waals surface area contributed by atoms with Gasteiger partial charge in [-0.1, -0.05) is 6.07 Å². The van der Waals surface area contributed by atoms with Gasteiger partial charge >= 0.3 is 0 Å². The number of aromatic nitrogens is 2. The predicted molar refractivity (Wildman–Crippen MR) is 115 cm³/mol. The molecule has 11 heteroatoms. The summed E-state index contributed by atoms with van der Waals surface area (Å²) in [6.07, 6.45) is 1.69. The zero-order valence-corrected chi connectivity index (χ0v) is 18.5. The van der Waals surface area contributed by atoms with E-state index in [9.17, 15) is 12.8 Å². The zero-order valence-electron chi connectivity index (χ0n) is 15.4. The van der Waals surface area contributed by atoms with Gasteiger partial charge in [0.25, 0.3) is 0 Å². The lowest BCUT2D eigenvalue weighted by molar-refractivity contribution is 0.599. The van der Waals surface area contributed by atoms with E-state index in [4.69, 9.17) is 0 Å². The summed E-state index contributed by atoms with van der Waals surface area (Å²) in [7, 11) is -0.179. The van der Waals surface area contributed by atoms with Crippen molar-refractivity contribution in [2.24, 2.45) is 12.0 Å². The third kappa shape index (κ3) is 7.33. The lowest BCUT2D eigenvalue weighted by atomic mass is 10.2. The monoisotopic (exact) mass is 510 g/mol. The standard InChI is InChI=1S/C16H23FN6O2S.HI/c1-12-4-5-13(10-15(12)17)22-26(24,25)9-8-19-16(18-2)20-11-14-6-7-21-23(14)3;/h4-7,10,22H,8-9,11H2,1-3H3,(H2,18,19,20);1H. The first kappa shape index (κ1) is 23.1. The maximum Gasteiger partial charge on any atom is 0.234 e. The van der Waals surface area contributed by atoms with Crippen LogP contribution in [0.4, 0.5) is 10.1 Å². The highest BCUT2D eigenvalue weighted by molar-refractivity contribution is 14.0. The highest BCUT2D eigenvalue weighted by Crippen LogP contribution is 2.14. The number of hydrogen-bond acceptors (Lipinski definition) is 4. The van der Waals surface area contributed by atoms with Crippen molar-refractivity contribution in [1.82, 2.24) is 20.4 Å². The molecule has 0 atom stereocenters. The summed E-state index contributed by atoms with van der Waals surface area (Å²) in [4.78, 5) is 4.04. The topological polar surface area (TPSA) is 100 Å². The van der Waals surface area contributed by atoms with Gasteiger partial charge in [-0.25, -0.2) is 12.8 Å². The number of aryl methyl sites for hydroxylation is 2. The molecule has 8 nitrogen and oxygen atoms in total. The Morgan fingerprint density at radius 1 is 1.30 bits per heavy atom. The minimum Gasteiger partial charge on any atom is -0.355 e. The van der Waals surface area contributed by atoms with E-state index >= 15 is 0 Å². The molecule has 150 valence electrons. The van der Waals surface area contributed by atoms with E-state index in [-0.39, 0.29) is 42.0 Å². The molecule has 0 spiro atoms.